The Kier molecular flexibility index (Phi) is 12.6. The molecule has 2 unspecified atom stereocenters. The van der Waals surface area contributed by atoms with Crippen molar-refractivity contribution in [1.29, 1.82) is 0 Å². The normalized spacial score (nSPS) is 24.0. The quantitative estimate of drug-likeness (QED) is 0.236. The van der Waals surface area contributed by atoms with Gasteiger partial charge in [-0.05, 0) is 135 Å². The number of amides is 3. The van der Waals surface area contributed by atoms with Crippen molar-refractivity contribution in [3.05, 3.63) is 112 Å². The van der Waals surface area contributed by atoms with E-state index in [1.54, 1.807) is 12.0 Å². The number of hydrogen-bond donors (Lipinski definition) is 2. The van der Waals surface area contributed by atoms with E-state index in [1.165, 1.54) is 16.0 Å². The second kappa shape index (κ2) is 18.2. The van der Waals surface area contributed by atoms with Crippen LogP contribution in [0.2, 0.25) is 0 Å². The van der Waals surface area contributed by atoms with Crippen molar-refractivity contribution in [3.8, 4) is 5.75 Å². The summed E-state index contributed by atoms with van der Waals surface area (Å²) in [6, 6.07) is 20.6. The van der Waals surface area contributed by atoms with Crippen molar-refractivity contribution >= 4 is 29.1 Å². The maximum absolute atomic E-state index is 16.5. The molecule has 0 radical (unpaired) electrons. The number of nitrogens with zero attached hydrogens (tertiary/aromatic N) is 4. The first kappa shape index (κ1) is 40.9. The van der Waals surface area contributed by atoms with Crippen LogP contribution in [-0.4, -0.2) is 79.4 Å². The van der Waals surface area contributed by atoms with Crippen molar-refractivity contribution in [2.45, 2.75) is 108 Å². The molecule has 0 bridgehead atoms. The molecule has 312 valence electrons. The third-order valence-electron chi connectivity index (χ3n) is 13.1. The van der Waals surface area contributed by atoms with E-state index in [2.05, 4.69) is 52.0 Å². The van der Waals surface area contributed by atoms with Gasteiger partial charge in [-0.25, -0.2) is 18.6 Å². The van der Waals surface area contributed by atoms with Crippen LogP contribution >= 0.6 is 0 Å². The molecule has 5 aliphatic rings. The minimum Gasteiger partial charge on any atom is -0.497 e. The molecule has 11 heteroatoms. The maximum Gasteiger partial charge on any atom is 0.331 e. The highest BCUT2D eigenvalue weighted by molar-refractivity contribution is 6.06. The fourth-order valence-corrected chi connectivity index (χ4v) is 9.74. The van der Waals surface area contributed by atoms with Crippen LogP contribution in [0, 0.1) is 6.92 Å². The summed E-state index contributed by atoms with van der Waals surface area (Å²) in [5.74, 6) is -1.28. The van der Waals surface area contributed by atoms with Crippen molar-refractivity contribution in [1.82, 2.24) is 15.1 Å². The van der Waals surface area contributed by atoms with Gasteiger partial charge >= 0.3 is 6.03 Å². The number of piperidine rings is 1. The molecule has 9 nitrogen and oxygen atoms in total. The van der Waals surface area contributed by atoms with E-state index in [4.69, 9.17) is 9.73 Å². The SMILES string of the molecule is COc1ccc(CN2C(=O)CCN(c3ccc(C4CCCCC(N5CCC(c6ccc(NC7=NC8=C(/C=C\CC7)CCNC8)cc6)CC5)C(F)(F)C4)cc3C)C2=O)cc1. The number of imide groups is 1. The van der Waals surface area contributed by atoms with E-state index >= 15 is 8.78 Å². The van der Waals surface area contributed by atoms with Crippen LogP contribution in [0.1, 0.15) is 105 Å². The number of anilines is 2. The van der Waals surface area contributed by atoms with Gasteiger partial charge in [0.15, 0.2) is 0 Å². The predicted molar refractivity (Wildman–Crippen MR) is 231 cm³/mol. The molecule has 2 atom stereocenters. The van der Waals surface area contributed by atoms with Gasteiger partial charge in [0, 0.05) is 43.7 Å². The molecule has 3 aromatic rings. The highest BCUT2D eigenvalue weighted by Crippen LogP contribution is 2.44. The van der Waals surface area contributed by atoms with Gasteiger partial charge in [0.25, 0.3) is 5.92 Å². The molecule has 2 saturated heterocycles. The van der Waals surface area contributed by atoms with Gasteiger partial charge in [0.2, 0.25) is 5.91 Å². The Morgan fingerprint density at radius 2 is 1.64 bits per heavy atom. The number of methoxy groups -OCH3 is 1. The molecule has 2 N–H and O–H groups in total. The van der Waals surface area contributed by atoms with Crippen LogP contribution in [-0.2, 0) is 11.3 Å². The number of likely N-dealkylation sites (tertiary alicyclic amines) is 1. The zero-order chi connectivity index (χ0) is 40.9. The summed E-state index contributed by atoms with van der Waals surface area (Å²) in [6.07, 6.45) is 12.0. The second-order valence-electron chi connectivity index (χ2n) is 17.0. The molecule has 59 heavy (non-hydrogen) atoms. The summed E-state index contributed by atoms with van der Waals surface area (Å²) in [7, 11) is 1.59. The molecule has 1 saturated carbocycles. The molecule has 0 aromatic heterocycles. The van der Waals surface area contributed by atoms with Crippen LogP contribution < -0.4 is 20.3 Å². The number of aryl methyl sites for hydroxylation is 1. The first-order valence-corrected chi connectivity index (χ1v) is 21.7. The van der Waals surface area contributed by atoms with Gasteiger partial charge in [-0.2, -0.15) is 0 Å². The fourth-order valence-electron chi connectivity index (χ4n) is 9.74. The molecule has 0 spiro atoms. The number of carbonyl (C=O) groups is 2. The zero-order valence-corrected chi connectivity index (χ0v) is 34.5. The third-order valence-corrected chi connectivity index (χ3v) is 13.1. The van der Waals surface area contributed by atoms with Gasteiger partial charge in [0.1, 0.15) is 11.6 Å². The molecule has 8 rings (SSSR count). The number of benzene rings is 3. The van der Waals surface area contributed by atoms with Gasteiger partial charge in [-0.1, -0.05) is 61.4 Å². The first-order chi connectivity index (χ1) is 28.6. The Hall–Kier alpha value is -4.87. The number of carbonyl (C=O) groups excluding carboxylic acids is 2. The number of aliphatic imine (C=N–C) groups is 1. The number of urea groups is 1. The minimum atomic E-state index is -2.83. The lowest BCUT2D eigenvalue weighted by Crippen LogP contribution is -2.52. The standard InChI is InChI=1S/C48H58F2N6O3/c1-33-29-38(15-20-43(33)55-28-24-46(57)56(47(55)58)32-34-11-18-41(59-2)19-12-34)39-8-3-5-9-44(48(49,50)30-39)54-26-22-36(23-27-54)35-13-16-40(17-14-35)52-45-10-6-4-7-37-21-25-51-31-42(37)53-45/h4,7,11-20,29,36,39,44,51H,3,5-6,8-10,21-28,30-32H2,1-2H3,(H,52,53)/b7-4-. The lowest BCUT2D eigenvalue weighted by molar-refractivity contribution is -0.129. The Morgan fingerprint density at radius 3 is 2.41 bits per heavy atom. The zero-order valence-electron chi connectivity index (χ0n) is 34.5. The summed E-state index contributed by atoms with van der Waals surface area (Å²) in [6.45, 7) is 5.51. The van der Waals surface area contributed by atoms with E-state index in [0.29, 0.717) is 43.3 Å². The number of halogens is 2. The Morgan fingerprint density at radius 1 is 0.881 bits per heavy atom. The average molecular weight is 805 g/mol. The monoisotopic (exact) mass is 804 g/mol. The Balaban J connectivity index is 0.876. The van der Waals surface area contributed by atoms with Crippen LogP contribution in [0.15, 0.2) is 95.1 Å². The number of amidine groups is 1. The topological polar surface area (TPSA) is 89.5 Å². The van der Waals surface area contributed by atoms with Crippen LogP contribution in [0.25, 0.3) is 0 Å². The smallest absolute Gasteiger partial charge is 0.331 e. The number of ether oxygens (including phenoxy) is 1. The van der Waals surface area contributed by atoms with E-state index in [0.717, 1.165) is 91.9 Å². The summed E-state index contributed by atoms with van der Waals surface area (Å²) < 4.78 is 38.2. The molecular formula is C48H58F2N6O3. The lowest BCUT2D eigenvalue weighted by atomic mass is 9.80. The highest BCUT2D eigenvalue weighted by Gasteiger charge is 2.46. The molecule has 4 heterocycles. The molecule has 1 aliphatic carbocycles. The average Bonchev–Trinajstić information content (AvgIpc) is 3.23. The van der Waals surface area contributed by atoms with E-state index < -0.39 is 12.0 Å². The summed E-state index contributed by atoms with van der Waals surface area (Å²) in [5, 5.41) is 7.00. The maximum atomic E-state index is 16.5. The summed E-state index contributed by atoms with van der Waals surface area (Å²) in [5.41, 5.74) is 8.02. The van der Waals surface area contributed by atoms with Gasteiger partial charge in [0.05, 0.1) is 25.4 Å². The van der Waals surface area contributed by atoms with Gasteiger partial charge in [-0.15, -0.1) is 0 Å². The number of allylic oxidation sites excluding steroid dienone is 2. The molecule has 3 aromatic carbocycles. The van der Waals surface area contributed by atoms with Crippen molar-refractivity contribution in [3.63, 3.8) is 0 Å². The Bertz CT molecular complexity index is 2070. The lowest BCUT2D eigenvalue weighted by Gasteiger charge is -2.43. The van der Waals surface area contributed by atoms with Crippen LogP contribution in [0.5, 0.6) is 5.75 Å². The van der Waals surface area contributed by atoms with Crippen molar-refractivity contribution < 1.29 is 23.1 Å². The van der Waals surface area contributed by atoms with Crippen molar-refractivity contribution in [2.24, 2.45) is 4.99 Å². The number of alkyl halides is 2. The Labute approximate surface area is 347 Å². The van der Waals surface area contributed by atoms with Gasteiger partial charge < -0.3 is 15.4 Å². The van der Waals surface area contributed by atoms with E-state index in [1.807, 2.05) is 49.4 Å². The fraction of sp³-hybridized carbons (Fsp3) is 0.479. The van der Waals surface area contributed by atoms with Crippen molar-refractivity contribution in [2.75, 3.05) is 50.1 Å². The minimum absolute atomic E-state index is 0.170. The third kappa shape index (κ3) is 9.47. The largest absolute Gasteiger partial charge is 0.497 e. The molecule has 4 aliphatic heterocycles. The first-order valence-electron chi connectivity index (χ1n) is 21.7. The number of hydrogen-bond acceptors (Lipinski definition) is 7. The van der Waals surface area contributed by atoms with Crippen LogP contribution in [0.3, 0.4) is 0 Å². The highest BCUT2D eigenvalue weighted by atomic mass is 19.3. The van der Waals surface area contributed by atoms with Gasteiger partial charge in [-0.3, -0.25) is 19.5 Å². The second-order valence-corrected chi connectivity index (χ2v) is 17.0. The van der Waals surface area contributed by atoms with E-state index in [-0.39, 0.29) is 43.8 Å². The molecule has 3 fully saturated rings. The number of nitrogens with one attached hydrogen (secondary N) is 2. The molecular weight excluding hydrogens is 747 g/mol. The summed E-state index contributed by atoms with van der Waals surface area (Å²) >= 11 is 0. The number of rotatable bonds is 8. The van der Waals surface area contributed by atoms with Crippen LogP contribution in [0.4, 0.5) is 25.0 Å². The predicted octanol–water partition coefficient (Wildman–Crippen LogP) is 9.70. The summed E-state index contributed by atoms with van der Waals surface area (Å²) in [4.78, 5) is 36.6. The molecule has 3 amide bonds. The van der Waals surface area contributed by atoms with E-state index in [9.17, 15) is 9.59 Å².